The Morgan fingerprint density at radius 3 is 2.62 bits per heavy atom. The van der Waals surface area contributed by atoms with Crippen LogP contribution in [-0.2, 0) is 0 Å². The largest absolute Gasteiger partial charge is 0.237 e. The number of nitrogens with one attached hydrogen (secondary N) is 1. The Kier molecular flexibility index (Phi) is 3.85. The van der Waals surface area contributed by atoms with E-state index in [1.807, 2.05) is 13.2 Å². The highest BCUT2D eigenvalue weighted by atomic mass is 79.9. The predicted molar refractivity (Wildman–Crippen MR) is 71.4 cm³/mol. The molecular formula is C11H16BrClN3+. The molecule has 0 bridgehead atoms. The average molecular weight is 306 g/mol. The van der Waals surface area contributed by atoms with Gasteiger partial charge in [0.1, 0.15) is 18.2 Å². The number of nitrogens with zero attached hydrogens (tertiary/aromatic N) is 2. The first-order chi connectivity index (χ1) is 7.68. The lowest BCUT2D eigenvalue weighted by Crippen LogP contribution is -2.60. The first kappa shape index (κ1) is 12.3. The van der Waals surface area contributed by atoms with Crippen LogP contribution >= 0.6 is 27.5 Å². The molecule has 1 saturated heterocycles. The van der Waals surface area contributed by atoms with Crippen LogP contribution in [0.2, 0.25) is 5.15 Å². The molecule has 0 unspecified atom stereocenters. The minimum atomic E-state index is 0.523. The van der Waals surface area contributed by atoms with Gasteiger partial charge in [0.25, 0.3) is 0 Å². The van der Waals surface area contributed by atoms with Gasteiger partial charge in [0.05, 0.1) is 10.7 Å². The molecule has 0 aliphatic carbocycles. The van der Waals surface area contributed by atoms with Crippen molar-refractivity contribution < 1.29 is 0 Å². The van der Waals surface area contributed by atoms with Crippen LogP contribution in [0.4, 0.5) is 5.69 Å². The highest BCUT2D eigenvalue weighted by molar-refractivity contribution is 9.10. The van der Waals surface area contributed by atoms with Crippen LogP contribution in [0.1, 0.15) is 19.3 Å². The Morgan fingerprint density at radius 2 is 2.06 bits per heavy atom. The van der Waals surface area contributed by atoms with Crippen molar-refractivity contribution >= 4 is 33.2 Å². The molecule has 1 N–H and O–H groups in total. The van der Waals surface area contributed by atoms with Gasteiger partial charge in [-0.2, -0.15) is 5.43 Å². The van der Waals surface area contributed by atoms with Crippen molar-refractivity contribution in [2.24, 2.45) is 0 Å². The van der Waals surface area contributed by atoms with E-state index in [4.69, 9.17) is 11.6 Å². The standard InChI is InChI=1S/C11H16BrClN3/c1-14-16(5-3-2-4-6-16)9-7-10(12)11(13)15-8-9/h7-8,14H,2-6H2,1H3/q+1. The highest BCUT2D eigenvalue weighted by Gasteiger charge is 2.32. The van der Waals surface area contributed by atoms with Crippen LogP contribution in [0.3, 0.4) is 0 Å². The Hall–Kier alpha value is -0.160. The fraction of sp³-hybridized carbons (Fsp3) is 0.545. The molecule has 0 radical (unpaired) electrons. The van der Waals surface area contributed by atoms with Crippen molar-refractivity contribution in [2.45, 2.75) is 19.3 Å². The number of piperidine rings is 1. The second kappa shape index (κ2) is 5.00. The topological polar surface area (TPSA) is 24.9 Å². The minimum Gasteiger partial charge on any atom is -0.237 e. The molecule has 5 heteroatoms. The Balaban J connectivity index is 2.35. The molecule has 2 heterocycles. The van der Waals surface area contributed by atoms with Crippen LogP contribution in [0.25, 0.3) is 0 Å². The van der Waals surface area contributed by atoms with Gasteiger partial charge in [-0.05, 0) is 35.2 Å². The summed E-state index contributed by atoms with van der Waals surface area (Å²) in [6.45, 7) is 2.23. The second-order valence-electron chi connectivity index (χ2n) is 4.17. The first-order valence-corrected chi connectivity index (χ1v) is 6.73. The summed E-state index contributed by atoms with van der Waals surface area (Å²) in [5.74, 6) is 0. The minimum absolute atomic E-state index is 0.523. The zero-order valence-electron chi connectivity index (χ0n) is 9.34. The van der Waals surface area contributed by atoms with E-state index in [0.29, 0.717) is 5.15 Å². The number of quaternary nitrogens is 1. The van der Waals surface area contributed by atoms with Crippen molar-refractivity contribution in [3.8, 4) is 0 Å². The predicted octanol–water partition coefficient (Wildman–Crippen LogP) is 3.12. The molecule has 2 rings (SSSR count). The number of rotatable bonds is 2. The number of aromatic nitrogens is 1. The molecule has 1 aliphatic heterocycles. The number of halogens is 2. The smallest absolute Gasteiger partial charge is 0.171 e. The van der Waals surface area contributed by atoms with E-state index in [-0.39, 0.29) is 0 Å². The molecule has 0 amide bonds. The van der Waals surface area contributed by atoms with Gasteiger partial charge in [-0.15, -0.1) is 0 Å². The summed E-state index contributed by atoms with van der Waals surface area (Å²) in [6.07, 6.45) is 5.70. The summed E-state index contributed by atoms with van der Waals surface area (Å²) in [7, 11) is 2.01. The van der Waals surface area contributed by atoms with Crippen molar-refractivity contribution in [1.82, 2.24) is 15.0 Å². The van der Waals surface area contributed by atoms with Crippen LogP contribution in [0.15, 0.2) is 16.7 Å². The third kappa shape index (κ3) is 2.25. The fourth-order valence-corrected chi connectivity index (χ4v) is 2.75. The van der Waals surface area contributed by atoms with E-state index in [0.717, 1.165) is 22.2 Å². The summed E-state index contributed by atoms with van der Waals surface area (Å²) in [5.41, 5.74) is 4.59. The van der Waals surface area contributed by atoms with Crippen molar-refractivity contribution in [3.63, 3.8) is 0 Å². The quantitative estimate of drug-likeness (QED) is 0.671. The second-order valence-corrected chi connectivity index (χ2v) is 5.38. The zero-order valence-corrected chi connectivity index (χ0v) is 11.7. The first-order valence-electron chi connectivity index (χ1n) is 5.56. The van der Waals surface area contributed by atoms with Crippen molar-refractivity contribution in [3.05, 3.63) is 21.9 Å². The molecule has 0 aromatic carbocycles. The molecule has 1 aromatic heterocycles. The van der Waals surface area contributed by atoms with Crippen LogP contribution in [0.5, 0.6) is 0 Å². The molecule has 1 fully saturated rings. The van der Waals surface area contributed by atoms with Gasteiger partial charge in [-0.1, -0.05) is 11.6 Å². The molecule has 88 valence electrons. The SMILES string of the molecule is CN[N+]1(c2cnc(Cl)c(Br)c2)CCCCC1. The molecule has 0 atom stereocenters. The molecule has 1 aromatic rings. The summed E-state index contributed by atoms with van der Waals surface area (Å²) in [4.78, 5) is 4.21. The Bertz CT molecular complexity index is 377. The number of hydrogen-bond donors (Lipinski definition) is 1. The summed E-state index contributed by atoms with van der Waals surface area (Å²) in [5, 5.41) is 0.523. The number of hydrogen-bond acceptors (Lipinski definition) is 2. The van der Waals surface area contributed by atoms with Gasteiger partial charge in [0.15, 0.2) is 5.69 Å². The molecule has 0 spiro atoms. The fourth-order valence-electron chi connectivity index (χ4n) is 2.31. The van der Waals surface area contributed by atoms with Gasteiger partial charge < -0.3 is 0 Å². The normalized spacial score (nSPS) is 19.7. The van der Waals surface area contributed by atoms with Crippen LogP contribution < -0.4 is 10.0 Å². The lowest BCUT2D eigenvalue weighted by molar-refractivity contribution is 0.173. The average Bonchev–Trinajstić information content (AvgIpc) is 2.33. The van der Waals surface area contributed by atoms with E-state index >= 15 is 0 Å². The lowest BCUT2D eigenvalue weighted by Gasteiger charge is -2.39. The van der Waals surface area contributed by atoms with Gasteiger partial charge in [-0.25, -0.2) is 9.58 Å². The number of pyridine rings is 1. The van der Waals surface area contributed by atoms with E-state index in [1.54, 1.807) is 0 Å². The van der Waals surface area contributed by atoms with Gasteiger partial charge in [-0.3, -0.25) is 0 Å². The third-order valence-electron chi connectivity index (χ3n) is 3.28. The third-order valence-corrected chi connectivity index (χ3v) is 4.42. The van der Waals surface area contributed by atoms with E-state index in [9.17, 15) is 0 Å². The van der Waals surface area contributed by atoms with Gasteiger partial charge in [0.2, 0.25) is 0 Å². The summed E-state index contributed by atoms with van der Waals surface area (Å²) in [6, 6.07) is 2.07. The maximum atomic E-state index is 5.92. The lowest BCUT2D eigenvalue weighted by atomic mass is 10.1. The molecule has 0 saturated carbocycles. The monoisotopic (exact) mass is 304 g/mol. The zero-order chi connectivity index (χ0) is 11.6. The van der Waals surface area contributed by atoms with Crippen LogP contribution in [0, 0.1) is 0 Å². The van der Waals surface area contributed by atoms with Crippen molar-refractivity contribution in [1.29, 1.82) is 0 Å². The van der Waals surface area contributed by atoms with Gasteiger partial charge >= 0.3 is 0 Å². The van der Waals surface area contributed by atoms with E-state index in [2.05, 4.69) is 32.4 Å². The molecule has 16 heavy (non-hydrogen) atoms. The van der Waals surface area contributed by atoms with E-state index in [1.165, 1.54) is 24.9 Å². The van der Waals surface area contributed by atoms with Crippen molar-refractivity contribution in [2.75, 3.05) is 20.1 Å². The Morgan fingerprint density at radius 1 is 1.38 bits per heavy atom. The van der Waals surface area contributed by atoms with Crippen LogP contribution in [-0.4, -0.2) is 25.1 Å². The highest BCUT2D eigenvalue weighted by Crippen LogP contribution is 2.30. The van der Waals surface area contributed by atoms with Gasteiger partial charge in [0, 0.05) is 13.1 Å². The molecule has 3 nitrogen and oxygen atoms in total. The summed E-state index contributed by atoms with van der Waals surface area (Å²) >= 11 is 9.36. The maximum Gasteiger partial charge on any atom is 0.171 e. The summed E-state index contributed by atoms with van der Waals surface area (Å²) < 4.78 is 1.67. The Labute approximate surface area is 109 Å². The molecule has 1 aliphatic rings. The maximum absolute atomic E-state index is 5.92. The molecular weight excluding hydrogens is 289 g/mol. The van der Waals surface area contributed by atoms with E-state index < -0.39 is 0 Å².